The van der Waals surface area contributed by atoms with E-state index in [-0.39, 0.29) is 5.56 Å². The minimum atomic E-state index is -1.42. The first-order valence-electron chi connectivity index (χ1n) is 6.34. The number of ether oxygens (including phenoxy) is 1. The smallest absolute Gasteiger partial charge is 0.336 e. The van der Waals surface area contributed by atoms with Crippen LogP contribution in [0.15, 0.2) is 48.5 Å². The van der Waals surface area contributed by atoms with Gasteiger partial charge in [0.1, 0.15) is 11.6 Å². The number of hydrogen-bond donors (Lipinski definition) is 1. The molecule has 0 radical (unpaired) electrons. The summed E-state index contributed by atoms with van der Waals surface area (Å²) in [5.74, 6) is -1.57. The van der Waals surface area contributed by atoms with Crippen LogP contribution in [0.25, 0.3) is 0 Å². The molecule has 2 aromatic rings. The summed E-state index contributed by atoms with van der Waals surface area (Å²) in [6.45, 7) is 1.51. The van der Waals surface area contributed by atoms with Gasteiger partial charge in [0.2, 0.25) is 0 Å². The molecule has 0 saturated carbocycles. The zero-order chi connectivity index (χ0) is 15.5. The molecule has 0 fully saturated rings. The Hall–Kier alpha value is -2.43. The summed E-state index contributed by atoms with van der Waals surface area (Å²) in [5, 5.41) is 2.91. The quantitative estimate of drug-likeness (QED) is 0.877. The van der Waals surface area contributed by atoms with Gasteiger partial charge in [0.15, 0.2) is 5.54 Å². The van der Waals surface area contributed by atoms with Crippen LogP contribution in [-0.2, 0) is 15.1 Å². The van der Waals surface area contributed by atoms with Crippen LogP contribution in [-0.4, -0.2) is 13.1 Å². The molecule has 2 rings (SSSR count). The lowest BCUT2D eigenvalue weighted by Crippen LogP contribution is -2.42. The molecule has 0 aliphatic carbocycles. The average Bonchev–Trinajstić information content (AvgIpc) is 2.49. The number of methoxy groups -OCH3 is 1. The second-order valence-electron chi connectivity index (χ2n) is 4.73. The van der Waals surface area contributed by atoms with Gasteiger partial charge in [-0.1, -0.05) is 18.2 Å². The van der Waals surface area contributed by atoms with Crippen LogP contribution in [0.3, 0.4) is 0 Å². The van der Waals surface area contributed by atoms with Gasteiger partial charge in [0.25, 0.3) is 0 Å². The van der Waals surface area contributed by atoms with Crippen molar-refractivity contribution in [2.45, 2.75) is 12.5 Å². The predicted octanol–water partition coefficient (Wildman–Crippen LogP) is 3.47. The average molecular weight is 291 g/mol. The highest BCUT2D eigenvalue weighted by Gasteiger charge is 2.38. The molecule has 0 bridgehead atoms. The fourth-order valence-electron chi connectivity index (χ4n) is 2.12. The minimum Gasteiger partial charge on any atom is -0.467 e. The van der Waals surface area contributed by atoms with E-state index in [1.54, 1.807) is 6.07 Å². The summed E-state index contributed by atoms with van der Waals surface area (Å²) in [4.78, 5) is 12.1. The fraction of sp³-hybridized carbons (Fsp3) is 0.188. The lowest BCUT2D eigenvalue weighted by atomic mass is 9.91. The van der Waals surface area contributed by atoms with Crippen molar-refractivity contribution in [3.05, 3.63) is 65.7 Å². The highest BCUT2D eigenvalue weighted by molar-refractivity contribution is 5.85. The number of esters is 1. The number of carbonyl (C=O) groups excluding carboxylic acids is 1. The van der Waals surface area contributed by atoms with Crippen molar-refractivity contribution >= 4 is 11.7 Å². The third-order valence-electron chi connectivity index (χ3n) is 3.24. The van der Waals surface area contributed by atoms with Crippen LogP contribution in [0.5, 0.6) is 0 Å². The van der Waals surface area contributed by atoms with Crippen LogP contribution in [0.4, 0.5) is 14.5 Å². The first-order chi connectivity index (χ1) is 9.97. The van der Waals surface area contributed by atoms with Gasteiger partial charge < -0.3 is 10.1 Å². The number of hydrogen-bond acceptors (Lipinski definition) is 3. The van der Waals surface area contributed by atoms with Crippen molar-refractivity contribution in [1.29, 1.82) is 0 Å². The van der Waals surface area contributed by atoms with Crippen LogP contribution in [0.2, 0.25) is 0 Å². The van der Waals surface area contributed by atoms with Gasteiger partial charge in [0, 0.05) is 11.3 Å². The van der Waals surface area contributed by atoms with Crippen molar-refractivity contribution in [2.75, 3.05) is 12.4 Å². The van der Waals surface area contributed by atoms with Crippen LogP contribution in [0, 0.1) is 11.6 Å². The van der Waals surface area contributed by atoms with Gasteiger partial charge in [-0.2, -0.15) is 0 Å². The molecular weight excluding hydrogens is 276 g/mol. The van der Waals surface area contributed by atoms with E-state index in [1.807, 2.05) is 0 Å². The molecule has 1 atom stereocenters. The monoisotopic (exact) mass is 291 g/mol. The third kappa shape index (κ3) is 3.02. The molecule has 1 N–H and O–H groups in total. The Kier molecular flexibility index (Phi) is 4.21. The largest absolute Gasteiger partial charge is 0.467 e. The molecule has 3 nitrogen and oxygen atoms in total. The predicted molar refractivity (Wildman–Crippen MR) is 75.8 cm³/mol. The van der Waals surface area contributed by atoms with Gasteiger partial charge in [-0.15, -0.1) is 0 Å². The maximum absolute atomic E-state index is 14.0. The summed E-state index contributed by atoms with van der Waals surface area (Å²) < 4.78 is 31.8. The maximum Gasteiger partial charge on any atom is 0.336 e. The first kappa shape index (κ1) is 15.0. The molecule has 2 aromatic carbocycles. The van der Waals surface area contributed by atoms with Gasteiger partial charge >= 0.3 is 5.97 Å². The summed E-state index contributed by atoms with van der Waals surface area (Å²) >= 11 is 0. The molecule has 21 heavy (non-hydrogen) atoms. The molecule has 1 unspecified atom stereocenters. The van der Waals surface area contributed by atoms with Crippen LogP contribution < -0.4 is 5.32 Å². The molecule has 0 aliphatic heterocycles. The molecule has 0 saturated heterocycles. The highest BCUT2D eigenvalue weighted by atomic mass is 19.1. The van der Waals surface area contributed by atoms with E-state index >= 15 is 0 Å². The van der Waals surface area contributed by atoms with Crippen molar-refractivity contribution in [1.82, 2.24) is 0 Å². The first-order valence-corrected chi connectivity index (χ1v) is 6.34. The maximum atomic E-state index is 14.0. The van der Waals surface area contributed by atoms with Crippen molar-refractivity contribution in [3.63, 3.8) is 0 Å². The summed E-state index contributed by atoms with van der Waals surface area (Å²) in [5.41, 5.74) is -0.786. The van der Waals surface area contributed by atoms with Crippen LogP contribution >= 0.6 is 0 Å². The lowest BCUT2D eigenvalue weighted by Gasteiger charge is -2.29. The molecule has 0 aliphatic rings. The van der Waals surface area contributed by atoms with E-state index in [4.69, 9.17) is 4.74 Å². The van der Waals surface area contributed by atoms with Crippen LogP contribution in [0.1, 0.15) is 12.5 Å². The number of benzene rings is 2. The van der Waals surface area contributed by atoms with Gasteiger partial charge in [-0.05, 0) is 37.3 Å². The van der Waals surface area contributed by atoms with Crippen molar-refractivity contribution in [3.8, 4) is 0 Å². The van der Waals surface area contributed by atoms with Crippen molar-refractivity contribution in [2.24, 2.45) is 0 Å². The Morgan fingerprint density at radius 1 is 1.10 bits per heavy atom. The highest BCUT2D eigenvalue weighted by Crippen LogP contribution is 2.29. The standard InChI is InChI=1S/C16H15F2NO2/c1-16(15(20)21-2,13-5-3-4-6-14(13)18)19-12-9-7-11(17)8-10-12/h3-10,19H,1-2H3. The molecule has 0 spiro atoms. The number of halogens is 2. The molecule has 110 valence electrons. The summed E-state index contributed by atoms with van der Waals surface area (Å²) in [6, 6.07) is 11.4. The SMILES string of the molecule is COC(=O)C(C)(Nc1ccc(F)cc1)c1ccccc1F. The second kappa shape index (κ2) is 5.91. The normalized spacial score (nSPS) is 13.3. The van der Waals surface area contributed by atoms with E-state index in [9.17, 15) is 13.6 Å². The Bertz CT molecular complexity index is 643. The third-order valence-corrected chi connectivity index (χ3v) is 3.24. The Morgan fingerprint density at radius 2 is 1.71 bits per heavy atom. The lowest BCUT2D eigenvalue weighted by molar-refractivity contribution is -0.145. The van der Waals surface area contributed by atoms with Gasteiger partial charge in [-0.25, -0.2) is 13.6 Å². The zero-order valence-corrected chi connectivity index (χ0v) is 11.7. The summed E-state index contributed by atoms with van der Waals surface area (Å²) in [7, 11) is 1.23. The number of anilines is 1. The summed E-state index contributed by atoms with van der Waals surface area (Å²) in [6.07, 6.45) is 0. The number of carbonyl (C=O) groups is 1. The Morgan fingerprint density at radius 3 is 2.29 bits per heavy atom. The van der Waals surface area contributed by atoms with E-state index < -0.39 is 23.1 Å². The van der Waals surface area contributed by atoms with Gasteiger partial charge in [-0.3, -0.25) is 0 Å². The minimum absolute atomic E-state index is 0.154. The molecule has 0 amide bonds. The van der Waals surface area contributed by atoms with Crippen molar-refractivity contribution < 1.29 is 18.3 Å². The second-order valence-corrected chi connectivity index (χ2v) is 4.73. The Balaban J connectivity index is 2.45. The molecule has 5 heteroatoms. The molecule has 0 aromatic heterocycles. The number of nitrogens with one attached hydrogen (secondary N) is 1. The molecular formula is C16H15F2NO2. The molecule has 0 heterocycles. The Labute approximate surface area is 121 Å². The van der Waals surface area contributed by atoms with E-state index in [1.165, 1.54) is 56.5 Å². The van der Waals surface area contributed by atoms with E-state index in [2.05, 4.69) is 5.32 Å². The number of rotatable bonds is 4. The van der Waals surface area contributed by atoms with E-state index in [0.717, 1.165) is 0 Å². The fourth-order valence-corrected chi connectivity index (χ4v) is 2.12. The van der Waals surface area contributed by atoms with Gasteiger partial charge in [0.05, 0.1) is 7.11 Å². The van der Waals surface area contributed by atoms with E-state index in [0.29, 0.717) is 5.69 Å². The zero-order valence-electron chi connectivity index (χ0n) is 11.7. The topological polar surface area (TPSA) is 38.3 Å².